The first-order valence-corrected chi connectivity index (χ1v) is 5.88. The molecule has 0 amide bonds. The van der Waals surface area contributed by atoms with E-state index < -0.39 is 0 Å². The van der Waals surface area contributed by atoms with E-state index in [-0.39, 0.29) is 11.5 Å². The van der Waals surface area contributed by atoms with Gasteiger partial charge in [0.05, 0.1) is 0 Å². The number of H-pyrrole nitrogens is 1. The van der Waals surface area contributed by atoms with Gasteiger partial charge in [0.15, 0.2) is 0 Å². The maximum absolute atomic E-state index is 11.4. The normalized spacial score (nSPS) is 12.8. The minimum absolute atomic E-state index is 0.0923. The fourth-order valence-corrected chi connectivity index (χ4v) is 1.26. The summed E-state index contributed by atoms with van der Waals surface area (Å²) in [6.45, 7) is 9.19. The van der Waals surface area contributed by atoms with Gasteiger partial charge in [-0.1, -0.05) is 34.1 Å². The molecule has 0 aliphatic carbocycles. The summed E-state index contributed by atoms with van der Waals surface area (Å²) in [5.41, 5.74) is -0.0923. The van der Waals surface area contributed by atoms with Crippen LogP contribution >= 0.6 is 0 Å². The zero-order valence-electron chi connectivity index (χ0n) is 10.5. The molecule has 1 aromatic rings. The molecular formula is C12H21N3O. The highest BCUT2D eigenvalue weighted by atomic mass is 16.1. The minimum atomic E-state index is -0.0923. The molecule has 0 aromatic carbocycles. The molecule has 2 N–H and O–H groups in total. The summed E-state index contributed by atoms with van der Waals surface area (Å²) in [7, 11) is 0. The molecule has 0 bridgehead atoms. The van der Waals surface area contributed by atoms with Gasteiger partial charge in [0.2, 0.25) is 0 Å². The van der Waals surface area contributed by atoms with Crippen LogP contribution in [0.5, 0.6) is 0 Å². The Morgan fingerprint density at radius 1 is 1.44 bits per heavy atom. The van der Waals surface area contributed by atoms with Gasteiger partial charge in [-0.2, -0.15) is 0 Å². The zero-order valence-corrected chi connectivity index (χ0v) is 10.5. The van der Waals surface area contributed by atoms with Crippen LogP contribution in [0, 0.1) is 5.92 Å². The predicted molar refractivity (Wildman–Crippen MR) is 66.9 cm³/mol. The maximum atomic E-state index is 11.4. The van der Waals surface area contributed by atoms with Crippen LogP contribution in [0.25, 0.3) is 0 Å². The lowest BCUT2D eigenvalue weighted by Crippen LogP contribution is -2.17. The number of aromatic nitrogens is 2. The average Bonchev–Trinajstić information content (AvgIpc) is 2.25. The second-order valence-corrected chi connectivity index (χ2v) is 4.56. The lowest BCUT2D eigenvalue weighted by atomic mass is 10.1. The zero-order chi connectivity index (χ0) is 12.1. The van der Waals surface area contributed by atoms with Gasteiger partial charge in [-0.15, -0.1) is 0 Å². The maximum Gasteiger partial charge on any atom is 0.252 e. The third kappa shape index (κ3) is 3.68. The molecule has 1 atom stereocenters. The molecule has 16 heavy (non-hydrogen) atoms. The van der Waals surface area contributed by atoms with Gasteiger partial charge in [0, 0.05) is 18.5 Å². The summed E-state index contributed by atoms with van der Waals surface area (Å²) in [4.78, 5) is 18.5. The van der Waals surface area contributed by atoms with Gasteiger partial charge in [-0.05, 0) is 5.92 Å². The van der Waals surface area contributed by atoms with Crippen LogP contribution in [-0.4, -0.2) is 16.5 Å². The Balaban J connectivity index is 2.77. The molecule has 0 aliphatic heterocycles. The van der Waals surface area contributed by atoms with Crippen molar-refractivity contribution in [2.75, 3.05) is 11.9 Å². The van der Waals surface area contributed by atoms with Crippen molar-refractivity contribution in [3.8, 4) is 0 Å². The Bertz CT molecular complexity index is 384. The topological polar surface area (TPSA) is 57.8 Å². The molecular weight excluding hydrogens is 202 g/mol. The summed E-state index contributed by atoms with van der Waals surface area (Å²) in [6.07, 6.45) is 1.12. The van der Waals surface area contributed by atoms with Crippen LogP contribution in [0.4, 0.5) is 5.82 Å². The van der Waals surface area contributed by atoms with E-state index in [4.69, 9.17) is 0 Å². The highest BCUT2D eigenvalue weighted by Gasteiger charge is 2.05. The number of rotatable bonds is 5. The van der Waals surface area contributed by atoms with Crippen molar-refractivity contribution >= 4 is 5.82 Å². The molecule has 0 saturated carbocycles. The van der Waals surface area contributed by atoms with Gasteiger partial charge in [-0.25, -0.2) is 4.98 Å². The molecule has 0 saturated heterocycles. The summed E-state index contributed by atoms with van der Waals surface area (Å²) < 4.78 is 0. The van der Waals surface area contributed by atoms with Gasteiger partial charge in [0.25, 0.3) is 5.56 Å². The molecule has 1 heterocycles. The smallest absolute Gasteiger partial charge is 0.252 e. The third-order valence-corrected chi connectivity index (χ3v) is 2.64. The van der Waals surface area contributed by atoms with E-state index in [0.717, 1.165) is 18.8 Å². The second kappa shape index (κ2) is 5.68. The molecule has 1 rings (SSSR count). The monoisotopic (exact) mass is 223 g/mol. The highest BCUT2D eigenvalue weighted by molar-refractivity contribution is 5.33. The Hall–Kier alpha value is -1.32. The highest BCUT2D eigenvalue weighted by Crippen LogP contribution is 2.10. The molecule has 4 heteroatoms. The van der Waals surface area contributed by atoms with Crippen LogP contribution in [0.1, 0.15) is 45.9 Å². The summed E-state index contributed by atoms with van der Waals surface area (Å²) >= 11 is 0. The molecule has 0 aliphatic rings. The first kappa shape index (κ1) is 12.7. The molecule has 1 aromatic heterocycles. The van der Waals surface area contributed by atoms with E-state index in [1.54, 1.807) is 0 Å². The van der Waals surface area contributed by atoms with Gasteiger partial charge >= 0.3 is 0 Å². The lowest BCUT2D eigenvalue weighted by Gasteiger charge is -2.12. The summed E-state index contributed by atoms with van der Waals surface area (Å²) in [5, 5.41) is 3.20. The van der Waals surface area contributed by atoms with Gasteiger partial charge in [-0.3, -0.25) is 4.79 Å². The van der Waals surface area contributed by atoms with Gasteiger partial charge < -0.3 is 10.3 Å². The van der Waals surface area contributed by atoms with Crippen molar-refractivity contribution in [2.45, 2.75) is 40.0 Å². The number of nitrogens with zero attached hydrogens (tertiary/aromatic N) is 1. The van der Waals surface area contributed by atoms with Crippen LogP contribution in [0.2, 0.25) is 0 Å². The van der Waals surface area contributed by atoms with Crippen LogP contribution in [0.3, 0.4) is 0 Å². The van der Waals surface area contributed by atoms with Crippen molar-refractivity contribution in [2.24, 2.45) is 5.92 Å². The largest absolute Gasteiger partial charge is 0.370 e. The number of nitrogens with one attached hydrogen (secondary N) is 2. The van der Waals surface area contributed by atoms with Gasteiger partial charge in [0.1, 0.15) is 11.6 Å². The van der Waals surface area contributed by atoms with E-state index in [9.17, 15) is 4.79 Å². The number of hydrogen-bond donors (Lipinski definition) is 2. The van der Waals surface area contributed by atoms with Crippen molar-refractivity contribution in [1.82, 2.24) is 9.97 Å². The Kier molecular flexibility index (Phi) is 4.52. The minimum Gasteiger partial charge on any atom is -0.370 e. The molecule has 0 spiro atoms. The van der Waals surface area contributed by atoms with E-state index in [2.05, 4.69) is 29.1 Å². The Labute approximate surface area is 96.5 Å². The standard InChI is InChI=1S/C12H21N3O/c1-5-9(4)7-13-10-6-11(16)15-12(14-10)8(2)3/h6,8-9H,5,7H2,1-4H3,(H2,13,14,15,16). The Morgan fingerprint density at radius 3 is 2.69 bits per heavy atom. The summed E-state index contributed by atoms with van der Waals surface area (Å²) in [5.74, 6) is 2.23. The van der Waals surface area contributed by atoms with E-state index in [1.165, 1.54) is 6.07 Å². The first-order chi connectivity index (χ1) is 7.52. The van der Waals surface area contributed by atoms with Crippen molar-refractivity contribution in [3.63, 3.8) is 0 Å². The lowest BCUT2D eigenvalue weighted by molar-refractivity contribution is 0.591. The van der Waals surface area contributed by atoms with Crippen molar-refractivity contribution < 1.29 is 0 Å². The average molecular weight is 223 g/mol. The number of anilines is 1. The second-order valence-electron chi connectivity index (χ2n) is 4.56. The number of aromatic amines is 1. The SMILES string of the molecule is CCC(C)CNc1cc(=O)[nH]c(C(C)C)n1. The fourth-order valence-electron chi connectivity index (χ4n) is 1.26. The van der Waals surface area contributed by atoms with Crippen LogP contribution in [0.15, 0.2) is 10.9 Å². The molecule has 0 radical (unpaired) electrons. The van der Waals surface area contributed by atoms with Crippen molar-refractivity contribution in [1.29, 1.82) is 0 Å². The van der Waals surface area contributed by atoms with Crippen molar-refractivity contribution in [3.05, 3.63) is 22.2 Å². The fraction of sp³-hybridized carbons (Fsp3) is 0.667. The van der Waals surface area contributed by atoms with E-state index in [1.807, 2.05) is 13.8 Å². The molecule has 0 fully saturated rings. The van der Waals surface area contributed by atoms with E-state index >= 15 is 0 Å². The summed E-state index contributed by atoms with van der Waals surface area (Å²) in [6, 6.07) is 1.51. The number of hydrogen-bond acceptors (Lipinski definition) is 3. The Morgan fingerprint density at radius 2 is 2.12 bits per heavy atom. The quantitative estimate of drug-likeness (QED) is 0.805. The van der Waals surface area contributed by atoms with Crippen LogP contribution < -0.4 is 10.9 Å². The molecule has 1 unspecified atom stereocenters. The predicted octanol–water partition coefficient (Wildman–Crippen LogP) is 2.35. The molecule has 4 nitrogen and oxygen atoms in total. The van der Waals surface area contributed by atoms with Crippen LogP contribution in [-0.2, 0) is 0 Å². The third-order valence-electron chi connectivity index (χ3n) is 2.64. The molecule has 90 valence electrons. The van der Waals surface area contributed by atoms with E-state index in [0.29, 0.717) is 11.7 Å². The first-order valence-electron chi connectivity index (χ1n) is 5.88.